The summed E-state index contributed by atoms with van der Waals surface area (Å²) >= 11 is 4.98. The molecule has 0 saturated carbocycles. The number of pyridine rings is 1. The van der Waals surface area contributed by atoms with E-state index in [1.165, 1.54) is 0 Å². The van der Waals surface area contributed by atoms with Gasteiger partial charge >= 0.3 is 0 Å². The zero-order valence-electron chi connectivity index (χ0n) is 16.6. The molecule has 0 aliphatic rings. The molecule has 0 aliphatic heterocycles. The number of methoxy groups -OCH3 is 1. The van der Waals surface area contributed by atoms with E-state index in [1.54, 1.807) is 42.6 Å². The van der Waals surface area contributed by atoms with Gasteiger partial charge in [-0.05, 0) is 42.5 Å². The van der Waals surface area contributed by atoms with Crippen LogP contribution < -0.4 is 15.4 Å². The first kappa shape index (κ1) is 22.1. The third-order valence-electron chi connectivity index (χ3n) is 4.41. The molecule has 0 aliphatic carbocycles. The van der Waals surface area contributed by atoms with Gasteiger partial charge in [-0.2, -0.15) is 13.8 Å². The van der Waals surface area contributed by atoms with E-state index in [0.717, 1.165) is 7.11 Å². The minimum absolute atomic E-state index is 0.274. The molecule has 0 bridgehead atoms. The molecule has 33 heavy (non-hydrogen) atoms. The van der Waals surface area contributed by atoms with Crippen molar-refractivity contribution in [1.82, 2.24) is 15.3 Å². The first-order chi connectivity index (χ1) is 15.8. The Morgan fingerprint density at radius 1 is 1.06 bits per heavy atom. The summed E-state index contributed by atoms with van der Waals surface area (Å²) < 4.78 is 65.9. The third-order valence-corrected chi connectivity index (χ3v) is 4.62. The van der Waals surface area contributed by atoms with Gasteiger partial charge in [0.15, 0.2) is 33.7 Å². The van der Waals surface area contributed by atoms with Gasteiger partial charge in [0.05, 0.1) is 7.11 Å². The van der Waals surface area contributed by atoms with E-state index < -0.39 is 40.5 Å². The van der Waals surface area contributed by atoms with Crippen LogP contribution in [0.1, 0.15) is 10.4 Å². The number of benzene rings is 2. The van der Waals surface area contributed by atoms with Crippen molar-refractivity contribution in [2.75, 3.05) is 12.4 Å². The van der Waals surface area contributed by atoms with Crippen molar-refractivity contribution in [3.05, 3.63) is 71.4 Å². The second kappa shape index (κ2) is 8.82. The average molecular weight is 476 g/mol. The number of carbonyl (C=O) groups excluding carboxylic acids is 1. The van der Waals surface area contributed by atoms with Crippen LogP contribution in [0, 0.1) is 23.3 Å². The Morgan fingerprint density at radius 3 is 2.45 bits per heavy atom. The summed E-state index contributed by atoms with van der Waals surface area (Å²) in [4.78, 5) is 20.6. The molecule has 4 aromatic rings. The van der Waals surface area contributed by atoms with E-state index in [-0.39, 0.29) is 11.0 Å². The highest BCUT2D eigenvalue weighted by Crippen LogP contribution is 2.30. The van der Waals surface area contributed by atoms with Crippen molar-refractivity contribution in [1.29, 1.82) is 0 Å². The van der Waals surface area contributed by atoms with Crippen LogP contribution in [0.3, 0.4) is 0 Å². The summed E-state index contributed by atoms with van der Waals surface area (Å²) in [6.45, 7) is 0. The Kier molecular flexibility index (Phi) is 5.92. The molecule has 2 aromatic heterocycles. The van der Waals surface area contributed by atoms with Gasteiger partial charge in [0.25, 0.3) is 5.91 Å². The number of hydrogen-bond donors (Lipinski definition) is 2. The first-order valence-corrected chi connectivity index (χ1v) is 9.55. The molecule has 2 N–H and O–H groups in total. The Balaban J connectivity index is 1.53. The van der Waals surface area contributed by atoms with E-state index in [0.29, 0.717) is 22.5 Å². The van der Waals surface area contributed by atoms with Crippen LogP contribution in [0.5, 0.6) is 5.75 Å². The highest BCUT2D eigenvalue weighted by atomic mass is 32.1. The normalized spacial score (nSPS) is 10.8. The van der Waals surface area contributed by atoms with Crippen LogP contribution in [-0.4, -0.2) is 28.1 Å². The van der Waals surface area contributed by atoms with Gasteiger partial charge < -0.3 is 14.5 Å². The van der Waals surface area contributed by atoms with Gasteiger partial charge in [0.2, 0.25) is 17.5 Å². The number of amides is 1. The fourth-order valence-electron chi connectivity index (χ4n) is 2.94. The molecule has 2 aromatic carbocycles. The number of thiocarbonyl (C=S) groups is 1. The van der Waals surface area contributed by atoms with Crippen molar-refractivity contribution in [3.63, 3.8) is 0 Å². The number of hydrogen-bond acceptors (Lipinski definition) is 6. The lowest BCUT2D eigenvalue weighted by molar-refractivity contribution is 0.0966. The van der Waals surface area contributed by atoms with Gasteiger partial charge in [-0.1, -0.05) is 6.07 Å². The topological polar surface area (TPSA) is 89.3 Å². The predicted octanol–water partition coefficient (Wildman–Crippen LogP) is 4.58. The number of anilines is 1. The predicted molar refractivity (Wildman–Crippen MR) is 114 cm³/mol. The minimum Gasteiger partial charge on any atom is -0.491 e. The SMILES string of the molecule is COc1c(F)c(F)c(C(=O)NC(=S)Nc2cccc(-c3nc4ncccc4o3)c2)c(F)c1F. The van der Waals surface area contributed by atoms with Crippen LogP contribution in [0.15, 0.2) is 47.0 Å². The van der Waals surface area contributed by atoms with Crippen molar-refractivity contribution in [3.8, 4) is 17.2 Å². The summed E-state index contributed by atoms with van der Waals surface area (Å²) in [7, 11) is 0.824. The van der Waals surface area contributed by atoms with Gasteiger partial charge in [-0.15, -0.1) is 0 Å². The molecular formula is C21H12F4N4O3S. The van der Waals surface area contributed by atoms with Gasteiger partial charge in [0.1, 0.15) is 5.56 Å². The fourth-order valence-corrected chi connectivity index (χ4v) is 3.15. The summed E-state index contributed by atoms with van der Waals surface area (Å²) in [5, 5.41) is 4.23. The molecule has 0 spiro atoms. The minimum atomic E-state index is -1.92. The Morgan fingerprint density at radius 2 is 1.79 bits per heavy atom. The number of nitrogens with zero attached hydrogens (tertiary/aromatic N) is 2. The van der Waals surface area contributed by atoms with Crippen molar-refractivity contribution >= 4 is 40.2 Å². The molecule has 1 amide bonds. The van der Waals surface area contributed by atoms with Crippen LogP contribution >= 0.6 is 12.2 Å². The van der Waals surface area contributed by atoms with Crippen molar-refractivity contribution in [2.24, 2.45) is 0 Å². The average Bonchev–Trinajstić information content (AvgIpc) is 3.23. The number of nitrogens with one attached hydrogen (secondary N) is 2. The smallest absolute Gasteiger partial charge is 0.263 e. The van der Waals surface area contributed by atoms with Crippen LogP contribution in [-0.2, 0) is 0 Å². The Bertz CT molecular complexity index is 1350. The lowest BCUT2D eigenvalue weighted by Gasteiger charge is -2.13. The number of fused-ring (bicyclic) bond motifs is 1. The third kappa shape index (κ3) is 4.20. The Labute approximate surface area is 188 Å². The lowest BCUT2D eigenvalue weighted by Crippen LogP contribution is -2.35. The molecule has 0 fully saturated rings. The van der Waals surface area contributed by atoms with E-state index in [1.807, 2.05) is 5.32 Å². The van der Waals surface area contributed by atoms with Crippen LogP contribution in [0.4, 0.5) is 23.2 Å². The zero-order valence-corrected chi connectivity index (χ0v) is 17.4. The summed E-state index contributed by atoms with van der Waals surface area (Å²) in [6.07, 6.45) is 1.57. The molecule has 0 atom stereocenters. The van der Waals surface area contributed by atoms with Crippen LogP contribution in [0.25, 0.3) is 22.7 Å². The molecule has 0 radical (unpaired) electrons. The molecule has 168 valence electrons. The monoisotopic (exact) mass is 476 g/mol. The standard InChI is InChI=1S/C21H12F4N4O3S/c1-31-17-15(24)13(22)12(14(23)16(17)25)19(30)29-21(33)27-10-5-2-4-9(8-10)20-28-18-11(32-20)6-3-7-26-18/h2-8H,1H3,(H2,27,29,30,33). The largest absolute Gasteiger partial charge is 0.491 e. The molecule has 2 heterocycles. The number of ether oxygens (including phenoxy) is 1. The second-order valence-electron chi connectivity index (χ2n) is 6.50. The number of rotatable bonds is 4. The van der Waals surface area contributed by atoms with E-state index in [4.69, 9.17) is 16.6 Å². The molecule has 12 heteroatoms. The summed E-state index contributed by atoms with van der Waals surface area (Å²) in [5.41, 5.74) is 0.320. The number of carbonyl (C=O) groups is 1. The molecule has 0 saturated heterocycles. The van der Waals surface area contributed by atoms with Gasteiger partial charge in [0, 0.05) is 17.4 Å². The summed E-state index contributed by atoms with van der Waals surface area (Å²) in [5.74, 6) is -10.0. The van der Waals surface area contributed by atoms with Crippen LogP contribution in [0.2, 0.25) is 0 Å². The second-order valence-corrected chi connectivity index (χ2v) is 6.91. The summed E-state index contributed by atoms with van der Waals surface area (Å²) in [6, 6.07) is 9.90. The maximum absolute atomic E-state index is 14.1. The number of aromatic nitrogens is 2. The lowest BCUT2D eigenvalue weighted by atomic mass is 10.1. The molecular weight excluding hydrogens is 464 g/mol. The zero-order chi connectivity index (χ0) is 23.7. The quantitative estimate of drug-likeness (QED) is 0.253. The van der Waals surface area contributed by atoms with E-state index >= 15 is 0 Å². The Hall–Kier alpha value is -4.06. The van der Waals surface area contributed by atoms with Gasteiger partial charge in [-0.25, -0.2) is 13.8 Å². The maximum Gasteiger partial charge on any atom is 0.263 e. The molecule has 4 rings (SSSR count). The van der Waals surface area contributed by atoms with E-state index in [2.05, 4.69) is 20.0 Å². The highest BCUT2D eigenvalue weighted by Gasteiger charge is 2.30. The van der Waals surface area contributed by atoms with Crippen molar-refractivity contribution in [2.45, 2.75) is 0 Å². The number of oxazole rings is 1. The molecule has 0 unspecified atom stereocenters. The van der Waals surface area contributed by atoms with E-state index in [9.17, 15) is 22.4 Å². The fraction of sp³-hybridized carbons (Fsp3) is 0.0476. The number of halogens is 4. The molecule has 7 nitrogen and oxygen atoms in total. The first-order valence-electron chi connectivity index (χ1n) is 9.14. The maximum atomic E-state index is 14.1. The van der Waals surface area contributed by atoms with Gasteiger partial charge in [-0.3, -0.25) is 10.1 Å². The van der Waals surface area contributed by atoms with Crippen molar-refractivity contribution < 1.29 is 31.5 Å². The highest BCUT2D eigenvalue weighted by molar-refractivity contribution is 7.80.